The second kappa shape index (κ2) is 7.06. The zero-order valence-corrected chi connectivity index (χ0v) is 14.6. The molecule has 0 atom stereocenters. The Morgan fingerprint density at radius 2 is 1.31 bits per heavy atom. The Morgan fingerprint density at radius 3 is 1.92 bits per heavy atom. The summed E-state index contributed by atoms with van der Waals surface area (Å²) >= 11 is 1.13. The molecule has 0 spiro atoms. The van der Waals surface area contributed by atoms with Crippen molar-refractivity contribution in [1.29, 1.82) is 0 Å². The molecule has 0 radical (unpaired) electrons. The van der Waals surface area contributed by atoms with E-state index in [0.717, 1.165) is 28.2 Å². The molecule has 0 saturated heterocycles. The van der Waals surface area contributed by atoms with Crippen LogP contribution in [0.15, 0.2) is 83.8 Å². The molecule has 3 aromatic carbocycles. The van der Waals surface area contributed by atoms with Crippen molar-refractivity contribution in [2.75, 3.05) is 0 Å². The van der Waals surface area contributed by atoms with Gasteiger partial charge in [-0.15, -0.1) is 0 Å². The lowest BCUT2D eigenvalue weighted by molar-refractivity contribution is 0.0777. The Hall–Kier alpha value is -3.05. The van der Waals surface area contributed by atoms with Crippen molar-refractivity contribution in [3.05, 3.63) is 95.6 Å². The van der Waals surface area contributed by atoms with Gasteiger partial charge in [0.15, 0.2) is 0 Å². The van der Waals surface area contributed by atoms with Crippen LogP contribution in [0.5, 0.6) is 5.75 Å². The Morgan fingerprint density at radius 1 is 0.731 bits per heavy atom. The highest BCUT2D eigenvalue weighted by Crippen LogP contribution is 2.33. The standard InChI is InChI=1S/C21H15NO3S/c23-20-18-8-4-5-9-19(18)21(24)22(20)26-17-12-10-16(11-13-17)25-14-15-6-2-1-3-7-15/h1-13H,14H2. The molecule has 0 saturated carbocycles. The SMILES string of the molecule is O=C1c2ccccc2C(=O)N1Sc1ccc(OCc2ccccc2)cc1. The van der Waals surface area contributed by atoms with E-state index in [1.807, 2.05) is 54.6 Å². The summed E-state index contributed by atoms with van der Waals surface area (Å²) in [5, 5.41) is 0. The molecule has 1 aliphatic rings. The van der Waals surface area contributed by atoms with E-state index in [4.69, 9.17) is 4.74 Å². The van der Waals surface area contributed by atoms with Gasteiger partial charge in [-0.2, -0.15) is 0 Å². The van der Waals surface area contributed by atoms with Crippen LogP contribution in [0.3, 0.4) is 0 Å². The minimum atomic E-state index is -0.278. The molecule has 5 heteroatoms. The third-order valence-electron chi connectivity index (χ3n) is 4.03. The summed E-state index contributed by atoms with van der Waals surface area (Å²) in [4.78, 5) is 25.6. The molecular weight excluding hydrogens is 346 g/mol. The van der Waals surface area contributed by atoms with Crippen LogP contribution in [0, 0.1) is 0 Å². The lowest BCUT2D eigenvalue weighted by Crippen LogP contribution is -2.21. The van der Waals surface area contributed by atoms with Crippen molar-refractivity contribution in [2.24, 2.45) is 0 Å². The van der Waals surface area contributed by atoms with Crippen LogP contribution in [0.2, 0.25) is 0 Å². The minimum Gasteiger partial charge on any atom is -0.489 e. The molecule has 0 fully saturated rings. The zero-order chi connectivity index (χ0) is 17.9. The smallest absolute Gasteiger partial charge is 0.272 e. The highest BCUT2D eigenvalue weighted by Gasteiger charge is 2.36. The molecule has 1 aliphatic heterocycles. The summed E-state index contributed by atoms with van der Waals surface area (Å²) < 4.78 is 6.95. The van der Waals surface area contributed by atoms with Gasteiger partial charge in [-0.3, -0.25) is 9.59 Å². The summed E-state index contributed by atoms with van der Waals surface area (Å²) in [5.41, 5.74) is 2.00. The van der Waals surface area contributed by atoms with E-state index in [1.54, 1.807) is 24.3 Å². The van der Waals surface area contributed by atoms with E-state index in [-0.39, 0.29) is 11.8 Å². The first-order chi connectivity index (χ1) is 12.7. The Balaban J connectivity index is 1.42. The predicted octanol–water partition coefficient (Wildman–Crippen LogP) is 4.57. The number of carbonyl (C=O) groups excluding carboxylic acids is 2. The van der Waals surface area contributed by atoms with Crippen LogP contribution in [0.25, 0.3) is 0 Å². The summed E-state index contributed by atoms with van der Waals surface area (Å²) in [6.45, 7) is 0.492. The molecule has 3 aromatic rings. The molecule has 0 N–H and O–H groups in total. The van der Waals surface area contributed by atoms with Crippen LogP contribution >= 0.6 is 11.9 Å². The van der Waals surface area contributed by atoms with Crippen molar-refractivity contribution < 1.29 is 14.3 Å². The lowest BCUT2D eigenvalue weighted by atomic mass is 10.1. The van der Waals surface area contributed by atoms with Gasteiger partial charge >= 0.3 is 0 Å². The van der Waals surface area contributed by atoms with E-state index < -0.39 is 0 Å². The van der Waals surface area contributed by atoms with Gasteiger partial charge in [0.2, 0.25) is 0 Å². The van der Waals surface area contributed by atoms with E-state index >= 15 is 0 Å². The second-order valence-corrected chi connectivity index (χ2v) is 6.81. The predicted molar refractivity (Wildman–Crippen MR) is 100 cm³/mol. The van der Waals surface area contributed by atoms with Gasteiger partial charge < -0.3 is 4.74 Å². The Kier molecular flexibility index (Phi) is 4.46. The van der Waals surface area contributed by atoms with Crippen LogP contribution in [0.1, 0.15) is 26.3 Å². The molecular formula is C21H15NO3S. The molecule has 4 nitrogen and oxygen atoms in total. The first-order valence-electron chi connectivity index (χ1n) is 8.15. The molecule has 2 amide bonds. The number of amides is 2. The Labute approximate surface area is 155 Å². The topological polar surface area (TPSA) is 46.6 Å². The van der Waals surface area contributed by atoms with E-state index in [0.29, 0.717) is 17.7 Å². The number of ether oxygens (including phenoxy) is 1. The fourth-order valence-electron chi connectivity index (χ4n) is 2.69. The summed E-state index contributed by atoms with van der Waals surface area (Å²) in [6.07, 6.45) is 0. The van der Waals surface area contributed by atoms with Crippen molar-refractivity contribution in [3.8, 4) is 5.75 Å². The molecule has 0 aromatic heterocycles. The highest BCUT2D eigenvalue weighted by atomic mass is 32.2. The average Bonchev–Trinajstić information content (AvgIpc) is 2.93. The Bertz CT molecular complexity index is 920. The molecule has 0 unspecified atom stereocenters. The monoisotopic (exact) mass is 361 g/mol. The molecule has 1 heterocycles. The fraction of sp³-hybridized carbons (Fsp3) is 0.0476. The molecule has 26 heavy (non-hydrogen) atoms. The molecule has 0 aliphatic carbocycles. The first-order valence-corrected chi connectivity index (χ1v) is 8.92. The van der Waals surface area contributed by atoms with E-state index in [1.165, 1.54) is 4.31 Å². The van der Waals surface area contributed by atoms with Crippen LogP contribution in [-0.4, -0.2) is 16.1 Å². The number of hydrogen-bond donors (Lipinski definition) is 0. The number of carbonyl (C=O) groups is 2. The summed E-state index contributed by atoms with van der Waals surface area (Å²) in [7, 11) is 0. The number of fused-ring (bicyclic) bond motifs is 1. The van der Waals surface area contributed by atoms with Crippen molar-refractivity contribution in [1.82, 2.24) is 4.31 Å². The van der Waals surface area contributed by atoms with E-state index in [2.05, 4.69) is 0 Å². The van der Waals surface area contributed by atoms with Gasteiger partial charge in [0.05, 0.1) is 11.1 Å². The van der Waals surface area contributed by atoms with Crippen molar-refractivity contribution >= 4 is 23.8 Å². The average molecular weight is 361 g/mol. The van der Waals surface area contributed by atoms with Gasteiger partial charge in [-0.25, -0.2) is 4.31 Å². The zero-order valence-electron chi connectivity index (χ0n) is 13.8. The summed E-state index contributed by atoms with van der Waals surface area (Å²) in [6, 6.07) is 24.2. The largest absolute Gasteiger partial charge is 0.489 e. The summed E-state index contributed by atoms with van der Waals surface area (Å²) in [5.74, 6) is 0.181. The van der Waals surface area contributed by atoms with Crippen LogP contribution in [0.4, 0.5) is 0 Å². The number of nitrogens with zero attached hydrogens (tertiary/aromatic N) is 1. The maximum absolute atomic E-state index is 12.4. The molecule has 4 rings (SSSR count). The molecule has 128 valence electrons. The third-order valence-corrected chi connectivity index (χ3v) is 5.02. The maximum Gasteiger partial charge on any atom is 0.272 e. The number of benzene rings is 3. The van der Waals surface area contributed by atoms with E-state index in [9.17, 15) is 9.59 Å². The van der Waals surface area contributed by atoms with Crippen molar-refractivity contribution in [3.63, 3.8) is 0 Å². The molecule has 0 bridgehead atoms. The van der Waals surface area contributed by atoms with Crippen molar-refractivity contribution in [2.45, 2.75) is 11.5 Å². The maximum atomic E-state index is 12.4. The van der Waals surface area contributed by atoms with Gasteiger partial charge in [-0.05, 0) is 53.9 Å². The number of imide groups is 1. The van der Waals surface area contributed by atoms with Crippen LogP contribution in [-0.2, 0) is 6.61 Å². The van der Waals surface area contributed by atoms with Gasteiger partial charge in [-0.1, -0.05) is 42.5 Å². The lowest BCUT2D eigenvalue weighted by Gasteiger charge is -2.12. The van der Waals surface area contributed by atoms with Gasteiger partial charge in [0, 0.05) is 4.90 Å². The minimum absolute atomic E-state index is 0.278. The third kappa shape index (κ3) is 3.21. The highest BCUT2D eigenvalue weighted by molar-refractivity contribution is 7.98. The van der Waals surface area contributed by atoms with Gasteiger partial charge in [0.25, 0.3) is 11.8 Å². The fourth-order valence-corrected chi connectivity index (χ4v) is 3.52. The van der Waals surface area contributed by atoms with Crippen LogP contribution < -0.4 is 4.74 Å². The first kappa shape index (κ1) is 16.4. The van der Waals surface area contributed by atoms with Gasteiger partial charge in [0.1, 0.15) is 12.4 Å². The number of rotatable bonds is 5. The normalized spacial score (nSPS) is 13.0. The number of hydrogen-bond acceptors (Lipinski definition) is 4. The second-order valence-electron chi connectivity index (χ2n) is 5.79. The quantitative estimate of drug-likeness (QED) is 0.493.